The molecule has 0 spiro atoms. The van der Waals surface area contributed by atoms with Crippen molar-refractivity contribution in [3.05, 3.63) is 11.4 Å². The number of rotatable bonds is 5. The molecule has 0 aliphatic rings. The van der Waals surface area contributed by atoms with E-state index in [0.717, 1.165) is 24.2 Å². The second-order valence-corrected chi connectivity index (χ2v) is 3.47. The van der Waals surface area contributed by atoms with Gasteiger partial charge in [0.1, 0.15) is 0 Å². The zero-order valence-corrected chi connectivity index (χ0v) is 9.49. The minimum absolute atomic E-state index is 0.412. The lowest BCUT2D eigenvalue weighted by molar-refractivity contribution is 0.208. The first-order valence-electron chi connectivity index (χ1n) is 5.31. The third-order valence-electron chi connectivity index (χ3n) is 2.06. The van der Waals surface area contributed by atoms with E-state index >= 15 is 0 Å². The van der Waals surface area contributed by atoms with E-state index in [1.165, 1.54) is 0 Å². The molecule has 5 nitrogen and oxygen atoms in total. The predicted octanol–water partition coefficient (Wildman–Crippen LogP) is 0.789. The van der Waals surface area contributed by atoms with Gasteiger partial charge in [0.15, 0.2) is 0 Å². The highest BCUT2D eigenvalue weighted by Crippen LogP contribution is 2.06. The van der Waals surface area contributed by atoms with Crippen molar-refractivity contribution in [2.24, 2.45) is 0 Å². The summed E-state index contributed by atoms with van der Waals surface area (Å²) in [6.07, 6.45) is 1.28. The molecule has 1 aromatic heterocycles. The molecule has 1 unspecified atom stereocenters. The summed E-state index contributed by atoms with van der Waals surface area (Å²) in [6.45, 7) is 6.23. The fourth-order valence-corrected chi connectivity index (χ4v) is 1.25. The van der Waals surface area contributed by atoms with Gasteiger partial charge < -0.3 is 10.4 Å². The van der Waals surface area contributed by atoms with Gasteiger partial charge in [-0.1, -0.05) is 13.8 Å². The molecule has 1 rings (SSSR count). The van der Waals surface area contributed by atoms with Crippen LogP contribution in [0.1, 0.15) is 32.2 Å². The van der Waals surface area contributed by atoms with Gasteiger partial charge in [0.05, 0.1) is 17.5 Å². The molecule has 0 saturated carbocycles. The molecule has 0 aliphatic heterocycles. The van der Waals surface area contributed by atoms with E-state index < -0.39 is 6.10 Å². The lowest BCUT2D eigenvalue weighted by atomic mass is 10.2. The molecule has 84 valence electrons. The van der Waals surface area contributed by atoms with Gasteiger partial charge in [0.2, 0.25) is 5.95 Å². The molecular weight excluding hydrogens is 192 g/mol. The zero-order valence-electron chi connectivity index (χ0n) is 9.49. The van der Waals surface area contributed by atoms with E-state index in [1.54, 1.807) is 6.92 Å². The Morgan fingerprint density at radius 2 is 1.87 bits per heavy atom. The highest BCUT2D eigenvalue weighted by Gasteiger charge is 2.06. The summed E-state index contributed by atoms with van der Waals surface area (Å²) in [5.41, 5.74) is 1.92. The molecule has 0 amide bonds. The molecule has 5 heteroatoms. The van der Waals surface area contributed by atoms with Gasteiger partial charge in [-0.05, 0) is 19.8 Å². The molecule has 0 fully saturated rings. The summed E-state index contributed by atoms with van der Waals surface area (Å²) >= 11 is 0. The Labute approximate surface area is 90.0 Å². The largest absolute Gasteiger partial charge is 0.392 e. The zero-order chi connectivity index (χ0) is 11.3. The summed E-state index contributed by atoms with van der Waals surface area (Å²) in [7, 11) is 0. The maximum Gasteiger partial charge on any atom is 0.243 e. The van der Waals surface area contributed by atoms with Crippen LogP contribution in [0.4, 0.5) is 5.95 Å². The third kappa shape index (κ3) is 3.43. The number of aliphatic hydroxyl groups excluding tert-OH is 1. The average Bonchev–Trinajstić information content (AvgIpc) is 2.25. The van der Waals surface area contributed by atoms with Crippen LogP contribution in [-0.4, -0.2) is 32.9 Å². The van der Waals surface area contributed by atoms with Crippen molar-refractivity contribution in [2.45, 2.75) is 39.7 Å². The van der Waals surface area contributed by atoms with Crippen LogP contribution in [0.25, 0.3) is 0 Å². The summed E-state index contributed by atoms with van der Waals surface area (Å²) in [5.74, 6) is 0.491. The number of aromatic nitrogens is 3. The monoisotopic (exact) mass is 210 g/mol. The number of aryl methyl sites for hydroxylation is 2. The minimum Gasteiger partial charge on any atom is -0.392 e. The van der Waals surface area contributed by atoms with E-state index in [-0.39, 0.29) is 0 Å². The van der Waals surface area contributed by atoms with Crippen LogP contribution in [0.3, 0.4) is 0 Å². The first kappa shape index (κ1) is 11.8. The van der Waals surface area contributed by atoms with Crippen molar-refractivity contribution in [3.63, 3.8) is 0 Å². The quantitative estimate of drug-likeness (QED) is 0.751. The fourth-order valence-electron chi connectivity index (χ4n) is 1.25. The average molecular weight is 210 g/mol. The molecule has 1 aromatic rings. The van der Waals surface area contributed by atoms with Gasteiger partial charge in [-0.15, -0.1) is 5.10 Å². The summed E-state index contributed by atoms with van der Waals surface area (Å²) in [4.78, 5) is 4.34. The highest BCUT2D eigenvalue weighted by atomic mass is 16.3. The van der Waals surface area contributed by atoms with Crippen molar-refractivity contribution in [1.29, 1.82) is 0 Å². The van der Waals surface area contributed by atoms with E-state index in [0.29, 0.717) is 12.5 Å². The Morgan fingerprint density at radius 3 is 2.40 bits per heavy atom. The molecule has 1 atom stereocenters. The van der Waals surface area contributed by atoms with Crippen molar-refractivity contribution in [2.75, 3.05) is 11.9 Å². The SMILES string of the molecule is CCc1nnc(NCC(C)O)nc1CC. The third-order valence-corrected chi connectivity index (χ3v) is 2.06. The van der Waals surface area contributed by atoms with Crippen LogP contribution in [-0.2, 0) is 12.8 Å². The van der Waals surface area contributed by atoms with E-state index in [2.05, 4.69) is 20.5 Å². The molecule has 15 heavy (non-hydrogen) atoms. The number of nitrogens with one attached hydrogen (secondary N) is 1. The molecular formula is C10H18N4O. The first-order chi connectivity index (χ1) is 7.17. The van der Waals surface area contributed by atoms with Crippen LogP contribution < -0.4 is 5.32 Å². The Kier molecular flexibility index (Phi) is 4.42. The number of anilines is 1. The van der Waals surface area contributed by atoms with Crippen molar-refractivity contribution < 1.29 is 5.11 Å². The minimum atomic E-state index is -0.412. The van der Waals surface area contributed by atoms with Crippen LogP contribution in [0.5, 0.6) is 0 Å². The molecule has 0 aromatic carbocycles. The molecule has 0 bridgehead atoms. The second kappa shape index (κ2) is 5.60. The van der Waals surface area contributed by atoms with Crippen LogP contribution in [0.2, 0.25) is 0 Å². The Balaban J connectivity index is 2.74. The highest BCUT2D eigenvalue weighted by molar-refractivity contribution is 5.25. The lowest BCUT2D eigenvalue weighted by Gasteiger charge is -2.08. The normalized spacial score (nSPS) is 12.5. The van der Waals surface area contributed by atoms with Gasteiger partial charge in [-0.2, -0.15) is 5.10 Å². The number of aliphatic hydroxyl groups is 1. The Bertz CT molecular complexity index is 314. The Hall–Kier alpha value is -1.23. The van der Waals surface area contributed by atoms with Crippen LogP contribution in [0.15, 0.2) is 0 Å². The van der Waals surface area contributed by atoms with Gasteiger partial charge in [0, 0.05) is 6.54 Å². The van der Waals surface area contributed by atoms with E-state index in [9.17, 15) is 0 Å². The Morgan fingerprint density at radius 1 is 1.20 bits per heavy atom. The number of hydrogen-bond acceptors (Lipinski definition) is 5. The van der Waals surface area contributed by atoms with Crippen molar-refractivity contribution in [1.82, 2.24) is 15.2 Å². The predicted molar refractivity (Wildman–Crippen MR) is 58.8 cm³/mol. The second-order valence-electron chi connectivity index (χ2n) is 3.47. The van der Waals surface area contributed by atoms with Gasteiger partial charge in [0.25, 0.3) is 0 Å². The van der Waals surface area contributed by atoms with Gasteiger partial charge in [-0.3, -0.25) is 0 Å². The summed E-state index contributed by atoms with van der Waals surface area (Å²) in [5, 5.41) is 20.1. The standard InChI is InChI=1S/C10H18N4O/c1-4-8-9(5-2)13-14-10(12-8)11-6-7(3)15/h7,15H,4-6H2,1-3H3,(H,11,12,14). The van der Waals surface area contributed by atoms with Crippen molar-refractivity contribution >= 4 is 5.95 Å². The number of hydrogen-bond donors (Lipinski definition) is 2. The first-order valence-corrected chi connectivity index (χ1v) is 5.31. The topological polar surface area (TPSA) is 70.9 Å². The van der Waals surface area contributed by atoms with Crippen molar-refractivity contribution in [3.8, 4) is 0 Å². The van der Waals surface area contributed by atoms with E-state index in [4.69, 9.17) is 5.11 Å². The fraction of sp³-hybridized carbons (Fsp3) is 0.700. The maximum atomic E-state index is 9.10. The van der Waals surface area contributed by atoms with Gasteiger partial charge in [-0.25, -0.2) is 4.98 Å². The van der Waals surface area contributed by atoms with E-state index in [1.807, 2.05) is 13.8 Å². The number of nitrogens with zero attached hydrogens (tertiary/aromatic N) is 3. The summed E-state index contributed by atoms with van der Waals surface area (Å²) < 4.78 is 0. The molecule has 2 N–H and O–H groups in total. The van der Waals surface area contributed by atoms with Crippen LogP contribution in [0, 0.1) is 0 Å². The molecule has 1 heterocycles. The molecule has 0 aliphatic carbocycles. The lowest BCUT2D eigenvalue weighted by Crippen LogP contribution is -2.18. The molecule has 0 radical (unpaired) electrons. The summed E-state index contributed by atoms with van der Waals surface area (Å²) in [6, 6.07) is 0. The smallest absolute Gasteiger partial charge is 0.243 e. The maximum absolute atomic E-state index is 9.10. The van der Waals surface area contributed by atoms with Gasteiger partial charge >= 0.3 is 0 Å². The molecule has 0 saturated heterocycles. The van der Waals surface area contributed by atoms with Crippen LogP contribution >= 0.6 is 0 Å².